The maximum atomic E-state index is 13.2. The van der Waals surface area contributed by atoms with Gasteiger partial charge in [-0.15, -0.1) is 0 Å². The van der Waals surface area contributed by atoms with Crippen LogP contribution in [0.15, 0.2) is 73.1 Å². The summed E-state index contributed by atoms with van der Waals surface area (Å²) in [5.41, 5.74) is 3.93. The summed E-state index contributed by atoms with van der Waals surface area (Å²) in [5.74, 6) is -0.0837. The van der Waals surface area contributed by atoms with Gasteiger partial charge in [-0.2, -0.15) is 5.10 Å². The topological polar surface area (TPSA) is 59.8 Å². The third-order valence-corrected chi connectivity index (χ3v) is 4.38. The lowest BCUT2D eigenvalue weighted by Gasteiger charge is -2.10. The fraction of sp³-hybridized carbons (Fsp3) is 0.0952. The molecule has 0 saturated carbocycles. The standard InChI is InChI=1S/C21H18N4O/c1-25-19-9-5-3-7-17(19)20(24-25)21(26)16-6-2-4-8-18(16)23-14-15-10-12-22-13-11-15/h2-13,23H,14H2,1H3. The Labute approximate surface area is 151 Å². The van der Waals surface area contributed by atoms with E-state index in [4.69, 9.17) is 0 Å². The van der Waals surface area contributed by atoms with Crippen LogP contribution in [0.25, 0.3) is 10.9 Å². The molecule has 0 saturated heterocycles. The number of aryl methyl sites for hydroxylation is 1. The number of ketones is 1. The van der Waals surface area contributed by atoms with E-state index in [0.717, 1.165) is 22.2 Å². The van der Waals surface area contributed by atoms with Crippen LogP contribution in [0.4, 0.5) is 5.69 Å². The second-order valence-corrected chi connectivity index (χ2v) is 6.07. The van der Waals surface area contributed by atoms with Crippen molar-refractivity contribution < 1.29 is 4.79 Å². The number of anilines is 1. The van der Waals surface area contributed by atoms with E-state index in [0.29, 0.717) is 17.8 Å². The van der Waals surface area contributed by atoms with Gasteiger partial charge in [0.1, 0.15) is 5.69 Å². The largest absolute Gasteiger partial charge is 0.380 e. The number of rotatable bonds is 5. The minimum absolute atomic E-state index is 0.0837. The third-order valence-electron chi connectivity index (χ3n) is 4.38. The fourth-order valence-corrected chi connectivity index (χ4v) is 3.04. The Hall–Kier alpha value is -3.47. The molecule has 1 N–H and O–H groups in total. The average molecular weight is 342 g/mol. The van der Waals surface area contributed by atoms with Crippen LogP contribution >= 0.6 is 0 Å². The number of carbonyl (C=O) groups is 1. The smallest absolute Gasteiger partial charge is 0.215 e. The SMILES string of the molecule is Cn1nc(C(=O)c2ccccc2NCc2ccncc2)c2ccccc21. The molecule has 0 atom stereocenters. The lowest BCUT2D eigenvalue weighted by Crippen LogP contribution is -2.09. The molecule has 2 heterocycles. The van der Waals surface area contributed by atoms with Crippen molar-refractivity contribution in [3.63, 3.8) is 0 Å². The predicted octanol–water partition coefficient (Wildman–Crippen LogP) is 3.81. The lowest BCUT2D eigenvalue weighted by molar-refractivity contribution is 0.103. The molecule has 5 nitrogen and oxygen atoms in total. The second kappa shape index (κ2) is 6.80. The van der Waals surface area contributed by atoms with Crippen molar-refractivity contribution in [2.45, 2.75) is 6.54 Å². The summed E-state index contributed by atoms with van der Waals surface area (Å²) in [5, 5.41) is 8.67. The van der Waals surface area contributed by atoms with Crippen LogP contribution in [-0.2, 0) is 13.6 Å². The normalized spacial score (nSPS) is 10.8. The van der Waals surface area contributed by atoms with E-state index in [1.165, 1.54) is 0 Å². The fourth-order valence-electron chi connectivity index (χ4n) is 3.04. The molecular formula is C21H18N4O. The maximum absolute atomic E-state index is 13.2. The highest BCUT2D eigenvalue weighted by Crippen LogP contribution is 2.24. The zero-order chi connectivity index (χ0) is 17.9. The van der Waals surface area contributed by atoms with Gasteiger partial charge in [0.2, 0.25) is 5.78 Å². The van der Waals surface area contributed by atoms with Crippen molar-refractivity contribution >= 4 is 22.4 Å². The van der Waals surface area contributed by atoms with Crippen LogP contribution in [-0.4, -0.2) is 20.5 Å². The molecule has 0 spiro atoms. The van der Waals surface area contributed by atoms with E-state index < -0.39 is 0 Å². The summed E-state index contributed by atoms with van der Waals surface area (Å²) in [6.07, 6.45) is 3.52. The molecule has 0 fully saturated rings. The Morgan fingerprint density at radius 1 is 1.00 bits per heavy atom. The Morgan fingerprint density at radius 3 is 2.58 bits per heavy atom. The number of para-hydroxylation sites is 2. The maximum Gasteiger partial charge on any atom is 0.215 e. The number of nitrogens with zero attached hydrogens (tertiary/aromatic N) is 3. The summed E-state index contributed by atoms with van der Waals surface area (Å²) >= 11 is 0. The van der Waals surface area contributed by atoms with E-state index in [1.54, 1.807) is 17.1 Å². The van der Waals surface area contributed by atoms with Gasteiger partial charge in [0.05, 0.1) is 5.52 Å². The number of pyridine rings is 1. The molecule has 2 aromatic heterocycles. The minimum atomic E-state index is -0.0837. The highest BCUT2D eigenvalue weighted by molar-refractivity contribution is 6.17. The molecule has 0 bridgehead atoms. The first kappa shape index (κ1) is 16.0. The van der Waals surface area contributed by atoms with Crippen molar-refractivity contribution in [1.29, 1.82) is 0 Å². The van der Waals surface area contributed by atoms with Gasteiger partial charge < -0.3 is 5.32 Å². The molecule has 0 unspecified atom stereocenters. The average Bonchev–Trinajstić information content (AvgIpc) is 3.04. The van der Waals surface area contributed by atoms with E-state index >= 15 is 0 Å². The van der Waals surface area contributed by atoms with Crippen LogP contribution in [0.3, 0.4) is 0 Å². The zero-order valence-corrected chi connectivity index (χ0v) is 14.4. The molecule has 0 radical (unpaired) electrons. The minimum Gasteiger partial charge on any atom is -0.380 e. The molecule has 0 aliphatic heterocycles. The molecule has 2 aromatic carbocycles. The number of aromatic nitrogens is 3. The Morgan fingerprint density at radius 2 is 1.73 bits per heavy atom. The molecular weight excluding hydrogens is 324 g/mol. The number of nitrogens with one attached hydrogen (secondary N) is 1. The first-order chi connectivity index (χ1) is 12.7. The summed E-state index contributed by atoms with van der Waals surface area (Å²) in [4.78, 5) is 17.2. The Kier molecular flexibility index (Phi) is 4.19. The van der Waals surface area contributed by atoms with Crippen molar-refractivity contribution in [2.75, 3.05) is 5.32 Å². The number of hydrogen-bond acceptors (Lipinski definition) is 4. The van der Waals surface area contributed by atoms with Crippen LogP contribution in [0.2, 0.25) is 0 Å². The number of carbonyl (C=O) groups excluding carboxylic acids is 1. The Bertz CT molecular complexity index is 1070. The predicted molar refractivity (Wildman–Crippen MR) is 102 cm³/mol. The van der Waals surface area contributed by atoms with Gasteiger partial charge in [-0.1, -0.05) is 30.3 Å². The van der Waals surface area contributed by atoms with Crippen molar-refractivity contribution in [1.82, 2.24) is 14.8 Å². The summed E-state index contributed by atoms with van der Waals surface area (Å²) in [7, 11) is 1.85. The van der Waals surface area contributed by atoms with Crippen LogP contribution in [0.5, 0.6) is 0 Å². The van der Waals surface area contributed by atoms with Gasteiger partial charge in [-0.3, -0.25) is 14.5 Å². The van der Waals surface area contributed by atoms with Crippen molar-refractivity contribution in [3.8, 4) is 0 Å². The van der Waals surface area contributed by atoms with E-state index in [9.17, 15) is 4.79 Å². The number of benzene rings is 2. The number of fused-ring (bicyclic) bond motifs is 1. The molecule has 0 aliphatic carbocycles. The monoisotopic (exact) mass is 342 g/mol. The van der Waals surface area contributed by atoms with Gasteiger partial charge in [0, 0.05) is 42.6 Å². The molecule has 4 aromatic rings. The van der Waals surface area contributed by atoms with Gasteiger partial charge in [0.25, 0.3) is 0 Å². The van der Waals surface area contributed by atoms with E-state index in [2.05, 4.69) is 15.4 Å². The van der Waals surface area contributed by atoms with Crippen LogP contribution in [0, 0.1) is 0 Å². The lowest BCUT2D eigenvalue weighted by atomic mass is 10.0. The number of hydrogen-bond donors (Lipinski definition) is 1. The molecule has 26 heavy (non-hydrogen) atoms. The Balaban J connectivity index is 1.68. The quantitative estimate of drug-likeness (QED) is 0.560. The molecule has 4 rings (SSSR count). The molecule has 0 amide bonds. The van der Waals surface area contributed by atoms with Crippen molar-refractivity contribution in [2.24, 2.45) is 7.05 Å². The van der Waals surface area contributed by atoms with Crippen molar-refractivity contribution in [3.05, 3.63) is 89.9 Å². The molecule has 128 valence electrons. The van der Waals surface area contributed by atoms with Crippen LogP contribution in [0.1, 0.15) is 21.6 Å². The van der Waals surface area contributed by atoms with Crippen LogP contribution < -0.4 is 5.32 Å². The van der Waals surface area contributed by atoms with Gasteiger partial charge in [-0.25, -0.2) is 0 Å². The third kappa shape index (κ3) is 2.95. The molecule has 0 aliphatic rings. The first-order valence-corrected chi connectivity index (χ1v) is 8.42. The highest BCUT2D eigenvalue weighted by atomic mass is 16.1. The first-order valence-electron chi connectivity index (χ1n) is 8.42. The highest BCUT2D eigenvalue weighted by Gasteiger charge is 2.19. The van der Waals surface area contributed by atoms with Gasteiger partial charge in [0.15, 0.2) is 0 Å². The zero-order valence-electron chi connectivity index (χ0n) is 14.4. The summed E-state index contributed by atoms with van der Waals surface area (Å²) in [6, 6.07) is 19.2. The molecule has 5 heteroatoms. The van der Waals surface area contributed by atoms with E-state index in [1.807, 2.05) is 67.7 Å². The second-order valence-electron chi connectivity index (χ2n) is 6.07. The summed E-state index contributed by atoms with van der Waals surface area (Å²) in [6.45, 7) is 0.621. The summed E-state index contributed by atoms with van der Waals surface area (Å²) < 4.78 is 1.75. The van der Waals surface area contributed by atoms with Gasteiger partial charge in [-0.05, 0) is 35.9 Å². The van der Waals surface area contributed by atoms with E-state index in [-0.39, 0.29) is 5.78 Å². The van der Waals surface area contributed by atoms with Gasteiger partial charge >= 0.3 is 0 Å².